The minimum absolute atomic E-state index is 0.0307. The molecule has 0 radical (unpaired) electrons. The van der Waals surface area contributed by atoms with Gasteiger partial charge in [-0.05, 0) is 44.3 Å². The second-order valence-electron chi connectivity index (χ2n) is 6.94. The number of carbonyl (C=O) groups is 1. The van der Waals surface area contributed by atoms with E-state index in [1.807, 2.05) is 13.0 Å². The van der Waals surface area contributed by atoms with Crippen LogP contribution in [0.15, 0.2) is 43.0 Å². The summed E-state index contributed by atoms with van der Waals surface area (Å²) in [6, 6.07) is 10.3. The third-order valence-electron chi connectivity index (χ3n) is 5.13. The molecule has 1 aromatic carbocycles. The number of rotatable bonds is 6. The van der Waals surface area contributed by atoms with Crippen LogP contribution in [0.3, 0.4) is 0 Å². The van der Waals surface area contributed by atoms with Crippen LogP contribution < -0.4 is 5.32 Å². The van der Waals surface area contributed by atoms with Gasteiger partial charge in [0.2, 0.25) is 5.91 Å². The Balaban J connectivity index is 1.66. The van der Waals surface area contributed by atoms with Crippen LogP contribution in [-0.2, 0) is 4.79 Å². The number of amides is 1. The van der Waals surface area contributed by atoms with Crippen molar-refractivity contribution in [2.24, 2.45) is 5.92 Å². The molecule has 1 aromatic heterocycles. The number of piperidine rings is 1. The van der Waals surface area contributed by atoms with Gasteiger partial charge in [0.25, 0.3) is 0 Å². The molecule has 1 aliphatic heterocycles. The molecule has 2 atom stereocenters. The molecular formula is C19H27N5O. The maximum absolute atomic E-state index is 12.5. The molecule has 1 amide bonds. The van der Waals surface area contributed by atoms with Gasteiger partial charge in [0, 0.05) is 6.54 Å². The monoisotopic (exact) mass is 341 g/mol. The standard InChI is InChI=1S/C19H27N5O/c1-15-8-10-23(11-9-15)18(17-6-4-3-5-7-17)12-21-19(25)16(2)24-14-20-13-22-24/h3-7,13-16,18H,8-12H2,1-2H3,(H,21,25)/t16-,18-/m1/s1. The van der Waals surface area contributed by atoms with E-state index in [0.717, 1.165) is 19.0 Å². The first-order valence-corrected chi connectivity index (χ1v) is 9.06. The Bertz CT molecular complexity index is 650. The predicted octanol–water partition coefficient (Wildman–Crippen LogP) is 2.43. The quantitative estimate of drug-likeness (QED) is 0.876. The molecule has 3 rings (SSSR count). The van der Waals surface area contributed by atoms with E-state index < -0.39 is 0 Å². The number of hydrogen-bond acceptors (Lipinski definition) is 4. The fraction of sp³-hybridized carbons (Fsp3) is 0.526. The van der Waals surface area contributed by atoms with Gasteiger partial charge in [-0.3, -0.25) is 9.69 Å². The summed E-state index contributed by atoms with van der Waals surface area (Å²) >= 11 is 0. The number of hydrogen-bond donors (Lipinski definition) is 1. The summed E-state index contributed by atoms with van der Waals surface area (Å²) in [6.07, 6.45) is 5.45. The Morgan fingerprint density at radius 3 is 2.64 bits per heavy atom. The van der Waals surface area contributed by atoms with Gasteiger partial charge in [0.1, 0.15) is 18.7 Å². The first-order valence-electron chi connectivity index (χ1n) is 9.06. The van der Waals surface area contributed by atoms with Crippen LogP contribution in [0.1, 0.15) is 44.3 Å². The maximum atomic E-state index is 12.5. The molecule has 0 unspecified atom stereocenters. The highest BCUT2D eigenvalue weighted by Crippen LogP contribution is 2.26. The van der Waals surface area contributed by atoms with E-state index in [4.69, 9.17) is 0 Å². The van der Waals surface area contributed by atoms with E-state index in [0.29, 0.717) is 6.54 Å². The summed E-state index contributed by atoms with van der Waals surface area (Å²) in [4.78, 5) is 18.9. The summed E-state index contributed by atoms with van der Waals surface area (Å²) < 4.78 is 1.58. The van der Waals surface area contributed by atoms with Crippen LogP contribution in [0.4, 0.5) is 0 Å². The topological polar surface area (TPSA) is 63.1 Å². The molecule has 134 valence electrons. The van der Waals surface area contributed by atoms with Crippen LogP contribution in [-0.4, -0.2) is 45.2 Å². The van der Waals surface area contributed by atoms with Crippen molar-refractivity contribution < 1.29 is 4.79 Å². The van der Waals surface area contributed by atoms with Crippen LogP contribution in [0.25, 0.3) is 0 Å². The van der Waals surface area contributed by atoms with Gasteiger partial charge in [-0.15, -0.1) is 0 Å². The van der Waals surface area contributed by atoms with Crippen molar-refractivity contribution in [2.75, 3.05) is 19.6 Å². The van der Waals surface area contributed by atoms with Gasteiger partial charge in [-0.1, -0.05) is 37.3 Å². The van der Waals surface area contributed by atoms with E-state index in [2.05, 4.69) is 51.5 Å². The number of carbonyl (C=O) groups excluding carboxylic acids is 1. The number of benzene rings is 1. The average molecular weight is 341 g/mol. The van der Waals surface area contributed by atoms with Crippen LogP contribution >= 0.6 is 0 Å². The second kappa shape index (κ2) is 8.25. The van der Waals surface area contributed by atoms with Gasteiger partial charge in [0.05, 0.1) is 6.04 Å². The number of aromatic nitrogens is 3. The molecule has 1 fully saturated rings. The normalized spacial score (nSPS) is 18.6. The van der Waals surface area contributed by atoms with Gasteiger partial charge in [-0.25, -0.2) is 9.67 Å². The van der Waals surface area contributed by atoms with Crippen molar-refractivity contribution in [3.63, 3.8) is 0 Å². The van der Waals surface area contributed by atoms with Gasteiger partial charge in [-0.2, -0.15) is 5.10 Å². The lowest BCUT2D eigenvalue weighted by molar-refractivity contribution is -0.124. The Kier molecular flexibility index (Phi) is 5.81. The molecule has 0 aliphatic carbocycles. The summed E-state index contributed by atoms with van der Waals surface area (Å²) in [7, 11) is 0. The zero-order chi connectivity index (χ0) is 17.6. The van der Waals surface area contributed by atoms with E-state index in [1.165, 1.54) is 24.7 Å². The Hall–Kier alpha value is -2.21. The Morgan fingerprint density at radius 1 is 1.28 bits per heavy atom. The third kappa shape index (κ3) is 4.45. The highest BCUT2D eigenvalue weighted by Gasteiger charge is 2.26. The molecule has 2 heterocycles. The Labute approximate surface area is 149 Å². The van der Waals surface area contributed by atoms with Crippen molar-refractivity contribution >= 4 is 5.91 Å². The molecule has 0 saturated carbocycles. The number of nitrogens with zero attached hydrogens (tertiary/aromatic N) is 4. The van der Waals surface area contributed by atoms with E-state index in [1.54, 1.807) is 11.0 Å². The van der Waals surface area contributed by atoms with Crippen molar-refractivity contribution in [3.8, 4) is 0 Å². The van der Waals surface area contributed by atoms with Crippen molar-refractivity contribution in [1.29, 1.82) is 0 Å². The van der Waals surface area contributed by atoms with Crippen molar-refractivity contribution in [1.82, 2.24) is 25.0 Å². The van der Waals surface area contributed by atoms with Gasteiger partial charge in [0.15, 0.2) is 0 Å². The van der Waals surface area contributed by atoms with Crippen LogP contribution in [0, 0.1) is 5.92 Å². The van der Waals surface area contributed by atoms with Gasteiger partial charge >= 0.3 is 0 Å². The molecule has 1 N–H and O–H groups in total. The highest BCUT2D eigenvalue weighted by atomic mass is 16.2. The van der Waals surface area contributed by atoms with Crippen LogP contribution in [0.2, 0.25) is 0 Å². The number of likely N-dealkylation sites (tertiary alicyclic amines) is 1. The molecule has 6 heteroatoms. The highest BCUT2D eigenvalue weighted by molar-refractivity contribution is 5.79. The van der Waals surface area contributed by atoms with Crippen molar-refractivity contribution in [2.45, 2.75) is 38.8 Å². The van der Waals surface area contributed by atoms with E-state index in [9.17, 15) is 4.79 Å². The molecule has 25 heavy (non-hydrogen) atoms. The second-order valence-corrected chi connectivity index (χ2v) is 6.94. The smallest absolute Gasteiger partial charge is 0.244 e. The molecule has 2 aromatic rings. The lowest BCUT2D eigenvalue weighted by Crippen LogP contribution is -2.43. The molecule has 1 aliphatic rings. The predicted molar refractivity (Wildman–Crippen MR) is 96.9 cm³/mol. The Morgan fingerprint density at radius 2 is 2.00 bits per heavy atom. The zero-order valence-corrected chi connectivity index (χ0v) is 15.0. The first-order chi connectivity index (χ1) is 12.1. The number of nitrogens with one attached hydrogen (secondary N) is 1. The van der Waals surface area contributed by atoms with E-state index >= 15 is 0 Å². The molecule has 0 bridgehead atoms. The minimum Gasteiger partial charge on any atom is -0.352 e. The summed E-state index contributed by atoms with van der Waals surface area (Å²) in [6.45, 7) is 6.92. The summed E-state index contributed by atoms with van der Waals surface area (Å²) in [5.74, 6) is 0.756. The van der Waals surface area contributed by atoms with Crippen LogP contribution in [0.5, 0.6) is 0 Å². The summed E-state index contributed by atoms with van der Waals surface area (Å²) in [5, 5.41) is 7.16. The van der Waals surface area contributed by atoms with E-state index in [-0.39, 0.29) is 18.0 Å². The lowest BCUT2D eigenvalue weighted by Gasteiger charge is -2.37. The largest absolute Gasteiger partial charge is 0.352 e. The fourth-order valence-electron chi connectivity index (χ4n) is 3.36. The molecule has 1 saturated heterocycles. The minimum atomic E-state index is -0.361. The maximum Gasteiger partial charge on any atom is 0.244 e. The molecular weight excluding hydrogens is 314 g/mol. The average Bonchev–Trinajstić information content (AvgIpc) is 3.18. The van der Waals surface area contributed by atoms with Gasteiger partial charge < -0.3 is 5.32 Å². The van der Waals surface area contributed by atoms with Crippen molar-refractivity contribution in [3.05, 3.63) is 48.5 Å². The third-order valence-corrected chi connectivity index (χ3v) is 5.13. The fourth-order valence-corrected chi connectivity index (χ4v) is 3.36. The molecule has 0 spiro atoms. The first kappa shape index (κ1) is 17.6. The molecule has 6 nitrogen and oxygen atoms in total. The SMILES string of the molecule is CC1CCN([C@H](CNC(=O)[C@@H](C)n2cncn2)c2ccccc2)CC1. The summed E-state index contributed by atoms with van der Waals surface area (Å²) in [5.41, 5.74) is 1.26. The lowest BCUT2D eigenvalue weighted by atomic mass is 9.95. The zero-order valence-electron chi connectivity index (χ0n) is 15.0.